The van der Waals surface area contributed by atoms with E-state index in [4.69, 9.17) is 4.74 Å². The minimum absolute atomic E-state index is 0.114. The summed E-state index contributed by atoms with van der Waals surface area (Å²) in [7, 11) is 0. The molecule has 114 valence electrons. The maximum Gasteiger partial charge on any atom is 0.223 e. The van der Waals surface area contributed by atoms with E-state index in [0.717, 1.165) is 23.6 Å². The number of rotatable bonds is 6. The molecule has 21 heavy (non-hydrogen) atoms. The molecule has 0 spiro atoms. The predicted molar refractivity (Wildman–Crippen MR) is 84.3 cm³/mol. The Morgan fingerprint density at radius 3 is 2.90 bits per heavy atom. The van der Waals surface area contributed by atoms with Crippen molar-refractivity contribution in [2.75, 3.05) is 18.9 Å². The fraction of sp³-hybridized carbons (Fsp3) is 0.500. The third-order valence-electron chi connectivity index (χ3n) is 3.45. The molecule has 5 heteroatoms. The minimum Gasteiger partial charge on any atom is -0.494 e. The summed E-state index contributed by atoms with van der Waals surface area (Å²) in [5.74, 6) is 2.00. The molecule has 0 bridgehead atoms. The second-order valence-electron chi connectivity index (χ2n) is 5.19. The van der Waals surface area contributed by atoms with Gasteiger partial charge in [-0.05, 0) is 18.9 Å². The predicted octanol–water partition coefficient (Wildman–Crippen LogP) is 2.71. The molecule has 0 radical (unpaired) electrons. The molecule has 0 saturated carbocycles. The van der Waals surface area contributed by atoms with Crippen molar-refractivity contribution in [1.82, 2.24) is 4.90 Å². The average Bonchev–Trinajstić information content (AvgIpc) is 2.80. The van der Waals surface area contributed by atoms with Crippen molar-refractivity contribution in [3.8, 4) is 5.75 Å². The Morgan fingerprint density at radius 2 is 2.19 bits per heavy atom. The number of likely N-dealkylation sites (tertiary alicyclic amines) is 1. The van der Waals surface area contributed by atoms with Crippen LogP contribution in [0, 0.1) is 5.92 Å². The van der Waals surface area contributed by atoms with E-state index >= 15 is 0 Å². The van der Waals surface area contributed by atoms with Gasteiger partial charge in [0.25, 0.3) is 0 Å². The number of carbonyl (C=O) groups excluding carboxylic acids is 2. The van der Waals surface area contributed by atoms with Crippen molar-refractivity contribution >= 4 is 22.8 Å². The zero-order valence-electron chi connectivity index (χ0n) is 12.5. The van der Waals surface area contributed by atoms with E-state index in [2.05, 4.69) is 0 Å². The first kappa shape index (κ1) is 15.9. The van der Waals surface area contributed by atoms with Crippen LogP contribution in [0.2, 0.25) is 0 Å². The van der Waals surface area contributed by atoms with E-state index in [-0.39, 0.29) is 16.9 Å². The fourth-order valence-corrected chi connectivity index (χ4v) is 3.18. The lowest BCUT2D eigenvalue weighted by Gasteiger charge is -2.18. The number of para-hydroxylation sites is 1. The molecule has 1 atom stereocenters. The van der Waals surface area contributed by atoms with Gasteiger partial charge in [0.15, 0.2) is 5.12 Å². The molecular weight excluding hydrogens is 286 g/mol. The van der Waals surface area contributed by atoms with E-state index in [0.29, 0.717) is 19.6 Å². The van der Waals surface area contributed by atoms with E-state index in [9.17, 15) is 9.59 Å². The molecule has 1 heterocycles. The van der Waals surface area contributed by atoms with E-state index < -0.39 is 0 Å². The monoisotopic (exact) mass is 307 g/mol. The SMILES string of the molecule is CCOc1ccccc1CN1CC(CSC(C)=O)CC1=O. The van der Waals surface area contributed by atoms with Crippen LogP contribution in [0.5, 0.6) is 5.75 Å². The van der Waals surface area contributed by atoms with Gasteiger partial charge in [-0.1, -0.05) is 30.0 Å². The minimum atomic E-state index is 0.114. The smallest absolute Gasteiger partial charge is 0.223 e. The summed E-state index contributed by atoms with van der Waals surface area (Å²) in [5, 5.41) is 0.114. The summed E-state index contributed by atoms with van der Waals surface area (Å²) in [4.78, 5) is 25.0. The summed E-state index contributed by atoms with van der Waals surface area (Å²) in [5.41, 5.74) is 1.03. The Hall–Kier alpha value is -1.49. The summed E-state index contributed by atoms with van der Waals surface area (Å²) in [6.07, 6.45) is 0.539. The average molecular weight is 307 g/mol. The summed E-state index contributed by atoms with van der Waals surface area (Å²) in [6.45, 7) is 5.43. The first-order chi connectivity index (χ1) is 10.1. The molecule has 0 N–H and O–H groups in total. The second-order valence-corrected chi connectivity index (χ2v) is 6.38. The number of carbonyl (C=O) groups is 2. The quantitative estimate of drug-likeness (QED) is 0.811. The molecule has 1 aliphatic heterocycles. The molecule has 1 saturated heterocycles. The lowest BCUT2D eigenvalue weighted by Crippen LogP contribution is -2.25. The van der Waals surface area contributed by atoms with Crippen LogP contribution in [-0.4, -0.2) is 34.8 Å². The van der Waals surface area contributed by atoms with Crippen LogP contribution in [0.4, 0.5) is 0 Å². The zero-order valence-corrected chi connectivity index (χ0v) is 13.3. The summed E-state index contributed by atoms with van der Waals surface area (Å²) >= 11 is 1.31. The number of ether oxygens (including phenoxy) is 1. The Labute approximate surface area is 129 Å². The van der Waals surface area contributed by atoms with Gasteiger partial charge in [-0.2, -0.15) is 0 Å². The van der Waals surface area contributed by atoms with Gasteiger partial charge in [0.2, 0.25) is 5.91 Å². The lowest BCUT2D eigenvalue weighted by atomic mass is 10.1. The first-order valence-electron chi connectivity index (χ1n) is 7.22. The van der Waals surface area contributed by atoms with Crippen molar-refractivity contribution in [2.45, 2.75) is 26.8 Å². The molecule has 0 aliphatic carbocycles. The molecule has 1 fully saturated rings. The van der Waals surface area contributed by atoms with E-state index in [1.807, 2.05) is 36.1 Å². The van der Waals surface area contributed by atoms with Crippen molar-refractivity contribution in [3.63, 3.8) is 0 Å². The van der Waals surface area contributed by atoms with Crippen LogP contribution in [0.15, 0.2) is 24.3 Å². The standard InChI is InChI=1S/C16H21NO3S/c1-3-20-15-7-5-4-6-14(15)10-17-9-13(8-16(17)19)11-21-12(2)18/h4-7,13H,3,8-11H2,1-2H3. The van der Waals surface area contributed by atoms with E-state index in [1.165, 1.54) is 11.8 Å². The molecule has 1 aliphatic rings. The van der Waals surface area contributed by atoms with Gasteiger partial charge in [-0.15, -0.1) is 0 Å². The Kier molecular flexibility index (Phi) is 5.67. The first-order valence-corrected chi connectivity index (χ1v) is 8.20. The van der Waals surface area contributed by atoms with Crippen LogP contribution in [0.3, 0.4) is 0 Å². The normalized spacial score (nSPS) is 18.1. The Balaban J connectivity index is 1.97. The highest BCUT2D eigenvalue weighted by atomic mass is 32.2. The van der Waals surface area contributed by atoms with Gasteiger partial charge in [0.1, 0.15) is 5.75 Å². The topological polar surface area (TPSA) is 46.6 Å². The zero-order chi connectivity index (χ0) is 15.2. The maximum atomic E-state index is 12.1. The van der Waals surface area contributed by atoms with Crippen LogP contribution in [0.1, 0.15) is 25.8 Å². The molecule has 2 rings (SSSR count). The number of nitrogens with zero attached hydrogens (tertiary/aromatic N) is 1. The molecule has 0 aromatic heterocycles. The van der Waals surface area contributed by atoms with Gasteiger partial charge in [0.05, 0.1) is 6.61 Å². The Bertz CT molecular complexity index is 518. The molecular formula is C16H21NO3S. The van der Waals surface area contributed by atoms with Crippen LogP contribution >= 0.6 is 11.8 Å². The summed E-state index contributed by atoms with van der Waals surface area (Å²) < 4.78 is 5.60. The van der Waals surface area contributed by atoms with Crippen LogP contribution < -0.4 is 4.74 Å². The molecule has 1 amide bonds. The van der Waals surface area contributed by atoms with Gasteiger partial charge in [-0.3, -0.25) is 9.59 Å². The molecule has 1 unspecified atom stereocenters. The lowest BCUT2D eigenvalue weighted by molar-refractivity contribution is -0.128. The largest absolute Gasteiger partial charge is 0.494 e. The number of hydrogen-bond donors (Lipinski definition) is 0. The number of thioether (sulfide) groups is 1. The number of benzene rings is 1. The second kappa shape index (κ2) is 7.50. The van der Waals surface area contributed by atoms with Gasteiger partial charge in [0, 0.05) is 37.8 Å². The van der Waals surface area contributed by atoms with Crippen molar-refractivity contribution in [3.05, 3.63) is 29.8 Å². The van der Waals surface area contributed by atoms with Crippen molar-refractivity contribution < 1.29 is 14.3 Å². The van der Waals surface area contributed by atoms with Crippen molar-refractivity contribution in [2.24, 2.45) is 5.92 Å². The molecule has 4 nitrogen and oxygen atoms in total. The highest BCUT2D eigenvalue weighted by molar-refractivity contribution is 8.13. The van der Waals surface area contributed by atoms with Gasteiger partial charge in [-0.25, -0.2) is 0 Å². The third kappa shape index (κ3) is 4.49. The van der Waals surface area contributed by atoms with Crippen LogP contribution in [-0.2, 0) is 16.1 Å². The number of amides is 1. The summed E-state index contributed by atoms with van der Waals surface area (Å²) in [6, 6.07) is 7.83. The molecule has 1 aromatic carbocycles. The van der Waals surface area contributed by atoms with Crippen LogP contribution in [0.25, 0.3) is 0 Å². The van der Waals surface area contributed by atoms with E-state index in [1.54, 1.807) is 6.92 Å². The highest BCUT2D eigenvalue weighted by Gasteiger charge is 2.30. The molecule has 1 aromatic rings. The fourth-order valence-electron chi connectivity index (χ4n) is 2.49. The van der Waals surface area contributed by atoms with Gasteiger partial charge < -0.3 is 9.64 Å². The Morgan fingerprint density at radius 1 is 1.43 bits per heavy atom. The van der Waals surface area contributed by atoms with Gasteiger partial charge >= 0.3 is 0 Å². The third-order valence-corrected chi connectivity index (χ3v) is 4.50. The number of hydrogen-bond acceptors (Lipinski definition) is 4. The maximum absolute atomic E-state index is 12.1. The highest BCUT2D eigenvalue weighted by Crippen LogP contribution is 2.26. The van der Waals surface area contributed by atoms with Crippen molar-refractivity contribution in [1.29, 1.82) is 0 Å².